The lowest BCUT2D eigenvalue weighted by molar-refractivity contribution is 0.0981. The number of carbonyl (C=O) groups is 1. The molecule has 0 amide bonds. The summed E-state index contributed by atoms with van der Waals surface area (Å²) < 4.78 is 2.15. The van der Waals surface area contributed by atoms with E-state index in [2.05, 4.69) is 9.47 Å². The van der Waals surface area contributed by atoms with Crippen molar-refractivity contribution in [3.05, 3.63) is 24.0 Å². The Morgan fingerprint density at radius 2 is 2.00 bits per heavy atom. The monoisotopic (exact) mass is 248 g/mol. The molecule has 2 heterocycles. The molecular weight excluding hydrogens is 224 g/mol. The maximum atomic E-state index is 11.7. The third-order valence-electron chi connectivity index (χ3n) is 3.67. The van der Waals surface area contributed by atoms with E-state index in [4.69, 9.17) is 0 Å². The summed E-state index contributed by atoms with van der Waals surface area (Å²) in [5, 5.41) is 0. The first-order chi connectivity index (χ1) is 8.79. The predicted molar refractivity (Wildman–Crippen MR) is 74.0 cm³/mol. The minimum absolute atomic E-state index is 0.272. The first-order valence-corrected chi connectivity index (χ1v) is 7.21. The summed E-state index contributed by atoms with van der Waals surface area (Å²) in [6.45, 7) is 6.63. The zero-order chi connectivity index (χ0) is 12.8. The van der Waals surface area contributed by atoms with E-state index >= 15 is 0 Å². The molecule has 0 bridgehead atoms. The van der Waals surface area contributed by atoms with E-state index < -0.39 is 0 Å². The van der Waals surface area contributed by atoms with Gasteiger partial charge in [-0.2, -0.15) is 0 Å². The van der Waals surface area contributed by atoms with E-state index in [1.165, 1.54) is 32.4 Å². The fourth-order valence-corrected chi connectivity index (χ4v) is 2.56. The Hall–Kier alpha value is -1.09. The van der Waals surface area contributed by atoms with Crippen LogP contribution in [0.3, 0.4) is 0 Å². The molecule has 1 aliphatic heterocycles. The SMILES string of the molecule is CCCC(=O)c1ccn(CCN2CCCCC2)c1. The van der Waals surface area contributed by atoms with Gasteiger partial charge < -0.3 is 9.47 Å². The molecule has 3 nitrogen and oxygen atoms in total. The number of Topliss-reactive ketones (excluding diaryl/α,β-unsaturated/α-hetero) is 1. The van der Waals surface area contributed by atoms with Crippen molar-refractivity contribution >= 4 is 5.78 Å². The average Bonchev–Trinajstić information content (AvgIpc) is 2.87. The zero-order valence-electron chi connectivity index (χ0n) is 11.4. The Morgan fingerprint density at radius 1 is 1.22 bits per heavy atom. The number of hydrogen-bond donors (Lipinski definition) is 0. The minimum atomic E-state index is 0.272. The van der Waals surface area contributed by atoms with Crippen molar-refractivity contribution in [2.45, 2.75) is 45.6 Å². The van der Waals surface area contributed by atoms with E-state index in [9.17, 15) is 4.79 Å². The Balaban J connectivity index is 1.80. The molecule has 1 aliphatic rings. The van der Waals surface area contributed by atoms with Crippen LogP contribution in [-0.4, -0.2) is 34.9 Å². The molecule has 1 aromatic heterocycles. The molecule has 0 radical (unpaired) electrons. The van der Waals surface area contributed by atoms with Crippen molar-refractivity contribution in [2.24, 2.45) is 0 Å². The summed E-state index contributed by atoms with van der Waals surface area (Å²) >= 11 is 0. The molecule has 3 heteroatoms. The second-order valence-corrected chi connectivity index (χ2v) is 5.21. The number of piperidine rings is 1. The Kier molecular flexibility index (Phi) is 5.00. The number of nitrogens with zero attached hydrogens (tertiary/aromatic N) is 2. The van der Waals surface area contributed by atoms with Gasteiger partial charge in [-0.1, -0.05) is 13.3 Å². The number of likely N-dealkylation sites (tertiary alicyclic amines) is 1. The summed E-state index contributed by atoms with van der Waals surface area (Å²) in [6.07, 6.45) is 9.69. The van der Waals surface area contributed by atoms with E-state index in [0.717, 1.165) is 25.1 Å². The molecule has 2 rings (SSSR count). The van der Waals surface area contributed by atoms with Crippen LogP contribution in [-0.2, 0) is 6.54 Å². The second kappa shape index (κ2) is 6.74. The second-order valence-electron chi connectivity index (χ2n) is 5.21. The third-order valence-corrected chi connectivity index (χ3v) is 3.67. The molecule has 1 fully saturated rings. The topological polar surface area (TPSA) is 25.2 Å². The van der Waals surface area contributed by atoms with E-state index in [-0.39, 0.29) is 5.78 Å². The predicted octanol–water partition coefficient (Wildman–Crippen LogP) is 2.96. The van der Waals surface area contributed by atoms with Gasteiger partial charge in [-0.05, 0) is 38.4 Å². The van der Waals surface area contributed by atoms with Crippen LogP contribution in [0.25, 0.3) is 0 Å². The molecule has 0 aromatic carbocycles. The molecule has 0 spiro atoms. The molecule has 0 N–H and O–H groups in total. The highest BCUT2D eigenvalue weighted by Gasteiger charge is 2.10. The maximum absolute atomic E-state index is 11.7. The fourth-order valence-electron chi connectivity index (χ4n) is 2.56. The van der Waals surface area contributed by atoms with Crippen LogP contribution in [0.1, 0.15) is 49.4 Å². The first kappa shape index (κ1) is 13.3. The molecule has 0 saturated carbocycles. The third kappa shape index (κ3) is 3.70. The van der Waals surface area contributed by atoms with Crippen molar-refractivity contribution in [2.75, 3.05) is 19.6 Å². The van der Waals surface area contributed by atoms with Gasteiger partial charge in [0.15, 0.2) is 5.78 Å². The Bertz CT molecular complexity index is 378. The van der Waals surface area contributed by atoms with Gasteiger partial charge >= 0.3 is 0 Å². The summed E-state index contributed by atoms with van der Waals surface area (Å²) in [7, 11) is 0. The molecular formula is C15H24N2O. The van der Waals surface area contributed by atoms with E-state index in [1.54, 1.807) is 0 Å². The van der Waals surface area contributed by atoms with Crippen LogP contribution >= 0.6 is 0 Å². The summed E-state index contributed by atoms with van der Waals surface area (Å²) in [4.78, 5) is 14.3. The van der Waals surface area contributed by atoms with Crippen molar-refractivity contribution in [3.8, 4) is 0 Å². The van der Waals surface area contributed by atoms with Gasteiger partial charge in [0.1, 0.15) is 0 Å². The highest BCUT2D eigenvalue weighted by atomic mass is 16.1. The molecule has 1 saturated heterocycles. The van der Waals surface area contributed by atoms with Gasteiger partial charge in [0.25, 0.3) is 0 Å². The molecule has 0 unspecified atom stereocenters. The van der Waals surface area contributed by atoms with Crippen molar-refractivity contribution in [1.29, 1.82) is 0 Å². The number of carbonyl (C=O) groups excluding carboxylic acids is 1. The quantitative estimate of drug-likeness (QED) is 0.723. The summed E-state index contributed by atoms with van der Waals surface area (Å²) in [6, 6.07) is 1.95. The normalized spacial score (nSPS) is 16.9. The maximum Gasteiger partial charge on any atom is 0.164 e. The number of aromatic nitrogens is 1. The van der Waals surface area contributed by atoms with Crippen LogP contribution in [0.15, 0.2) is 18.5 Å². The van der Waals surface area contributed by atoms with Crippen LogP contribution in [0.4, 0.5) is 0 Å². The molecule has 0 atom stereocenters. The zero-order valence-corrected chi connectivity index (χ0v) is 11.4. The van der Waals surface area contributed by atoms with Crippen molar-refractivity contribution in [3.63, 3.8) is 0 Å². The summed E-state index contributed by atoms with van der Waals surface area (Å²) in [5.74, 6) is 0.272. The first-order valence-electron chi connectivity index (χ1n) is 7.21. The summed E-state index contributed by atoms with van der Waals surface area (Å²) in [5.41, 5.74) is 0.871. The van der Waals surface area contributed by atoms with E-state index in [1.807, 2.05) is 25.4 Å². The van der Waals surface area contributed by atoms with Gasteiger partial charge in [-0.3, -0.25) is 4.79 Å². The Labute approximate surface area is 110 Å². The molecule has 0 aliphatic carbocycles. The highest BCUT2D eigenvalue weighted by Crippen LogP contribution is 2.10. The van der Waals surface area contributed by atoms with Crippen LogP contribution in [0, 0.1) is 0 Å². The molecule has 100 valence electrons. The smallest absolute Gasteiger partial charge is 0.164 e. The minimum Gasteiger partial charge on any atom is -0.352 e. The van der Waals surface area contributed by atoms with Gasteiger partial charge in [0, 0.05) is 37.5 Å². The number of ketones is 1. The van der Waals surface area contributed by atoms with Gasteiger partial charge in [0.2, 0.25) is 0 Å². The van der Waals surface area contributed by atoms with Gasteiger partial charge in [-0.15, -0.1) is 0 Å². The van der Waals surface area contributed by atoms with Gasteiger partial charge in [-0.25, -0.2) is 0 Å². The Morgan fingerprint density at radius 3 is 2.72 bits per heavy atom. The molecule has 1 aromatic rings. The largest absolute Gasteiger partial charge is 0.352 e. The van der Waals surface area contributed by atoms with Crippen LogP contribution < -0.4 is 0 Å². The lowest BCUT2D eigenvalue weighted by Gasteiger charge is -2.26. The fraction of sp³-hybridized carbons (Fsp3) is 0.667. The number of rotatable bonds is 6. The lowest BCUT2D eigenvalue weighted by Crippen LogP contribution is -2.32. The van der Waals surface area contributed by atoms with Crippen LogP contribution in [0.2, 0.25) is 0 Å². The van der Waals surface area contributed by atoms with Crippen LogP contribution in [0.5, 0.6) is 0 Å². The van der Waals surface area contributed by atoms with Crippen molar-refractivity contribution in [1.82, 2.24) is 9.47 Å². The standard InChI is InChI=1S/C15H24N2O/c1-2-6-15(18)14-7-10-17(13-14)12-11-16-8-4-3-5-9-16/h7,10,13H,2-6,8-9,11-12H2,1H3. The van der Waals surface area contributed by atoms with Crippen molar-refractivity contribution < 1.29 is 4.79 Å². The average molecular weight is 248 g/mol. The van der Waals surface area contributed by atoms with E-state index in [0.29, 0.717) is 6.42 Å². The van der Waals surface area contributed by atoms with Gasteiger partial charge in [0.05, 0.1) is 0 Å². The highest BCUT2D eigenvalue weighted by molar-refractivity contribution is 5.95. The molecule has 18 heavy (non-hydrogen) atoms. The lowest BCUT2D eigenvalue weighted by atomic mass is 10.1. The number of hydrogen-bond acceptors (Lipinski definition) is 2.